The highest BCUT2D eigenvalue weighted by molar-refractivity contribution is 5.55. The van der Waals surface area contributed by atoms with Gasteiger partial charge in [0.25, 0.3) is 0 Å². The first-order valence-electron chi connectivity index (χ1n) is 6.38. The number of aromatic nitrogens is 3. The van der Waals surface area contributed by atoms with Gasteiger partial charge >= 0.3 is 0 Å². The molecule has 0 amide bonds. The Balaban J connectivity index is 1.96. The van der Waals surface area contributed by atoms with Crippen LogP contribution in [0.25, 0.3) is 11.4 Å². The van der Waals surface area contributed by atoms with Crippen molar-refractivity contribution in [3.63, 3.8) is 0 Å². The lowest BCUT2D eigenvalue weighted by Gasteiger charge is -2.21. The molecule has 4 nitrogen and oxygen atoms in total. The number of benzene rings is 1. The van der Waals surface area contributed by atoms with E-state index in [4.69, 9.17) is 0 Å². The van der Waals surface area contributed by atoms with Crippen LogP contribution in [0.4, 0.5) is 0 Å². The molecule has 1 aliphatic heterocycles. The summed E-state index contributed by atoms with van der Waals surface area (Å²) in [7, 11) is 0. The van der Waals surface area contributed by atoms with Gasteiger partial charge in [-0.25, -0.2) is 0 Å². The standard InChI is InChI=1S/C14H17N3O/c1-10-2-4-12(5-3-10)14-16-15-13-8-11(9-18)6-7-17(13)14/h2-5,11,18H,6-9H2,1H3. The van der Waals surface area contributed by atoms with Gasteiger partial charge in [0.2, 0.25) is 0 Å². The second-order valence-electron chi connectivity index (χ2n) is 5.00. The van der Waals surface area contributed by atoms with Crippen LogP contribution in [0.15, 0.2) is 24.3 Å². The SMILES string of the molecule is Cc1ccc(-c2nnc3n2CCC(CO)C3)cc1. The van der Waals surface area contributed by atoms with Gasteiger partial charge in [-0.2, -0.15) is 0 Å². The van der Waals surface area contributed by atoms with Crippen molar-refractivity contribution in [3.05, 3.63) is 35.7 Å². The average Bonchev–Trinajstić information content (AvgIpc) is 2.82. The van der Waals surface area contributed by atoms with Gasteiger partial charge in [-0.1, -0.05) is 29.8 Å². The summed E-state index contributed by atoms with van der Waals surface area (Å²) in [5.41, 5.74) is 2.36. The molecule has 2 heterocycles. The fourth-order valence-corrected chi connectivity index (χ4v) is 2.47. The van der Waals surface area contributed by atoms with Crippen LogP contribution in [0.3, 0.4) is 0 Å². The molecule has 1 aliphatic rings. The molecule has 0 spiro atoms. The number of nitrogens with zero attached hydrogens (tertiary/aromatic N) is 3. The van der Waals surface area contributed by atoms with Crippen molar-refractivity contribution in [1.29, 1.82) is 0 Å². The largest absolute Gasteiger partial charge is 0.396 e. The number of hydrogen-bond acceptors (Lipinski definition) is 3. The lowest BCUT2D eigenvalue weighted by atomic mass is 9.98. The summed E-state index contributed by atoms with van der Waals surface area (Å²) in [5.74, 6) is 2.28. The molecule has 0 saturated heterocycles. The van der Waals surface area contributed by atoms with Crippen molar-refractivity contribution in [2.75, 3.05) is 6.61 Å². The van der Waals surface area contributed by atoms with E-state index >= 15 is 0 Å². The molecule has 1 atom stereocenters. The van der Waals surface area contributed by atoms with Crippen LogP contribution in [-0.2, 0) is 13.0 Å². The van der Waals surface area contributed by atoms with E-state index in [1.807, 2.05) is 0 Å². The van der Waals surface area contributed by atoms with Crippen molar-refractivity contribution in [1.82, 2.24) is 14.8 Å². The van der Waals surface area contributed by atoms with Crippen molar-refractivity contribution in [2.45, 2.75) is 26.3 Å². The van der Waals surface area contributed by atoms with E-state index in [1.54, 1.807) is 0 Å². The molecular formula is C14H17N3O. The van der Waals surface area contributed by atoms with Crippen LogP contribution in [0.5, 0.6) is 0 Å². The smallest absolute Gasteiger partial charge is 0.163 e. The molecule has 0 bridgehead atoms. The maximum Gasteiger partial charge on any atom is 0.163 e. The maximum absolute atomic E-state index is 9.21. The summed E-state index contributed by atoms with van der Waals surface area (Å²) >= 11 is 0. The number of fused-ring (bicyclic) bond motifs is 1. The Morgan fingerprint density at radius 1 is 1.28 bits per heavy atom. The summed E-state index contributed by atoms with van der Waals surface area (Å²) in [6.45, 7) is 3.22. The van der Waals surface area contributed by atoms with Gasteiger partial charge in [-0.3, -0.25) is 0 Å². The first kappa shape index (κ1) is 11.4. The Bertz CT molecular complexity index is 545. The molecule has 94 valence electrons. The van der Waals surface area contributed by atoms with Gasteiger partial charge in [0.15, 0.2) is 5.82 Å². The second-order valence-corrected chi connectivity index (χ2v) is 5.00. The molecule has 1 aromatic carbocycles. The minimum absolute atomic E-state index is 0.243. The maximum atomic E-state index is 9.21. The minimum Gasteiger partial charge on any atom is -0.396 e. The van der Waals surface area contributed by atoms with Crippen molar-refractivity contribution in [3.8, 4) is 11.4 Å². The zero-order valence-electron chi connectivity index (χ0n) is 10.5. The molecular weight excluding hydrogens is 226 g/mol. The van der Waals surface area contributed by atoms with Crippen LogP contribution in [0.2, 0.25) is 0 Å². The minimum atomic E-state index is 0.243. The van der Waals surface area contributed by atoms with Crippen LogP contribution in [-0.4, -0.2) is 26.5 Å². The average molecular weight is 243 g/mol. The number of aliphatic hydroxyl groups is 1. The van der Waals surface area contributed by atoms with Gasteiger partial charge < -0.3 is 9.67 Å². The Labute approximate surface area is 106 Å². The third-order valence-corrected chi connectivity index (χ3v) is 3.63. The van der Waals surface area contributed by atoms with E-state index in [1.165, 1.54) is 5.56 Å². The van der Waals surface area contributed by atoms with E-state index in [-0.39, 0.29) is 6.61 Å². The molecule has 2 aromatic rings. The van der Waals surface area contributed by atoms with Crippen LogP contribution in [0.1, 0.15) is 17.8 Å². The first-order valence-corrected chi connectivity index (χ1v) is 6.38. The molecule has 1 unspecified atom stereocenters. The van der Waals surface area contributed by atoms with Crippen molar-refractivity contribution in [2.24, 2.45) is 5.92 Å². The Kier molecular flexibility index (Phi) is 2.88. The van der Waals surface area contributed by atoms with Crippen LogP contribution >= 0.6 is 0 Å². The topological polar surface area (TPSA) is 50.9 Å². The number of hydrogen-bond donors (Lipinski definition) is 1. The third kappa shape index (κ3) is 1.93. The van der Waals surface area contributed by atoms with E-state index in [0.717, 1.165) is 36.6 Å². The lowest BCUT2D eigenvalue weighted by molar-refractivity contribution is 0.199. The fraction of sp³-hybridized carbons (Fsp3) is 0.429. The highest BCUT2D eigenvalue weighted by Crippen LogP contribution is 2.25. The summed E-state index contributed by atoms with van der Waals surface area (Å²) in [4.78, 5) is 0. The second kappa shape index (κ2) is 4.53. The molecule has 1 N–H and O–H groups in total. The van der Waals surface area contributed by atoms with Gasteiger partial charge in [0, 0.05) is 25.1 Å². The zero-order valence-corrected chi connectivity index (χ0v) is 10.5. The van der Waals surface area contributed by atoms with Gasteiger partial charge in [-0.15, -0.1) is 10.2 Å². The predicted molar refractivity (Wildman–Crippen MR) is 69.1 cm³/mol. The van der Waals surface area contributed by atoms with Crippen LogP contribution in [0, 0.1) is 12.8 Å². The normalized spacial score (nSPS) is 18.7. The fourth-order valence-electron chi connectivity index (χ4n) is 2.47. The Morgan fingerprint density at radius 2 is 2.06 bits per heavy atom. The van der Waals surface area contributed by atoms with E-state index < -0.39 is 0 Å². The molecule has 4 heteroatoms. The summed E-state index contributed by atoms with van der Waals surface area (Å²) in [5, 5.41) is 17.8. The molecule has 18 heavy (non-hydrogen) atoms. The number of aryl methyl sites for hydroxylation is 1. The molecule has 0 fully saturated rings. The molecule has 0 radical (unpaired) electrons. The van der Waals surface area contributed by atoms with E-state index in [0.29, 0.717) is 5.92 Å². The number of aliphatic hydroxyl groups excluding tert-OH is 1. The zero-order chi connectivity index (χ0) is 12.5. The first-order chi connectivity index (χ1) is 8.78. The van der Waals surface area contributed by atoms with E-state index in [9.17, 15) is 5.11 Å². The Morgan fingerprint density at radius 3 is 2.78 bits per heavy atom. The van der Waals surface area contributed by atoms with Gasteiger partial charge in [0.05, 0.1) is 0 Å². The highest BCUT2D eigenvalue weighted by atomic mass is 16.3. The molecule has 3 rings (SSSR count). The van der Waals surface area contributed by atoms with Gasteiger partial charge in [-0.05, 0) is 19.3 Å². The molecule has 0 saturated carbocycles. The molecule has 0 aliphatic carbocycles. The Hall–Kier alpha value is -1.68. The number of rotatable bonds is 2. The predicted octanol–water partition coefficient (Wildman–Crippen LogP) is 1.81. The van der Waals surface area contributed by atoms with Crippen LogP contribution < -0.4 is 0 Å². The van der Waals surface area contributed by atoms with Gasteiger partial charge in [0.1, 0.15) is 5.82 Å². The summed E-state index contributed by atoms with van der Waals surface area (Å²) in [6.07, 6.45) is 1.83. The highest BCUT2D eigenvalue weighted by Gasteiger charge is 2.22. The summed E-state index contributed by atoms with van der Waals surface area (Å²) < 4.78 is 2.18. The quantitative estimate of drug-likeness (QED) is 0.875. The third-order valence-electron chi connectivity index (χ3n) is 3.63. The summed E-state index contributed by atoms with van der Waals surface area (Å²) in [6, 6.07) is 8.36. The lowest BCUT2D eigenvalue weighted by Crippen LogP contribution is -2.22. The molecule has 1 aromatic heterocycles. The van der Waals surface area contributed by atoms with Crippen molar-refractivity contribution < 1.29 is 5.11 Å². The van der Waals surface area contributed by atoms with Crippen molar-refractivity contribution >= 4 is 0 Å². The van der Waals surface area contributed by atoms with E-state index in [2.05, 4.69) is 46.0 Å². The monoisotopic (exact) mass is 243 g/mol.